The van der Waals surface area contributed by atoms with Crippen LogP contribution in [-0.2, 0) is 4.79 Å². The molecular weight excluding hydrogens is 391 g/mol. The van der Waals surface area contributed by atoms with Crippen LogP contribution in [-0.4, -0.2) is 17.6 Å². The second kappa shape index (κ2) is 8.36. The number of carbonyl (C=O) groups excluding carboxylic acids is 1. The predicted molar refractivity (Wildman–Crippen MR) is 110 cm³/mol. The van der Waals surface area contributed by atoms with Crippen LogP contribution >= 0.6 is 35.4 Å². The summed E-state index contributed by atoms with van der Waals surface area (Å²) in [5.41, 5.74) is 0.586. The van der Waals surface area contributed by atoms with E-state index in [0.717, 1.165) is 10.8 Å². The maximum absolute atomic E-state index is 12.0. The zero-order valence-corrected chi connectivity index (χ0v) is 15.8. The van der Waals surface area contributed by atoms with Crippen LogP contribution in [0.3, 0.4) is 0 Å². The van der Waals surface area contributed by atoms with Crippen LogP contribution in [0.5, 0.6) is 5.75 Å². The predicted octanol–water partition coefficient (Wildman–Crippen LogP) is 5.04. The van der Waals surface area contributed by atoms with Crippen molar-refractivity contribution < 1.29 is 9.53 Å². The van der Waals surface area contributed by atoms with Crippen LogP contribution in [0, 0.1) is 0 Å². The molecule has 132 valence electrons. The summed E-state index contributed by atoms with van der Waals surface area (Å²) in [7, 11) is 0. The Labute approximate surface area is 166 Å². The van der Waals surface area contributed by atoms with Gasteiger partial charge in [0.2, 0.25) is 0 Å². The molecule has 0 atom stereocenters. The first-order valence-corrected chi connectivity index (χ1v) is 8.84. The number of rotatable bonds is 4. The molecule has 0 radical (unpaired) electrons. The van der Waals surface area contributed by atoms with Gasteiger partial charge in [0.15, 0.2) is 11.7 Å². The average molecular weight is 405 g/mol. The molecule has 0 unspecified atom stereocenters. The minimum atomic E-state index is -0.371. The lowest BCUT2D eigenvalue weighted by Crippen LogP contribution is -2.37. The van der Waals surface area contributed by atoms with Gasteiger partial charge in [-0.2, -0.15) is 0 Å². The highest BCUT2D eigenvalue weighted by atomic mass is 35.5. The van der Waals surface area contributed by atoms with Gasteiger partial charge in [-0.1, -0.05) is 53.5 Å². The molecule has 0 aliphatic carbocycles. The Morgan fingerprint density at radius 2 is 1.65 bits per heavy atom. The van der Waals surface area contributed by atoms with Crippen molar-refractivity contribution >= 4 is 62.9 Å². The molecule has 3 rings (SSSR count). The van der Waals surface area contributed by atoms with E-state index in [0.29, 0.717) is 21.5 Å². The number of ether oxygens (including phenoxy) is 1. The third-order valence-corrected chi connectivity index (χ3v) is 4.10. The number of anilines is 1. The Balaban J connectivity index is 1.53. The lowest BCUT2D eigenvalue weighted by atomic mass is 10.1. The van der Waals surface area contributed by atoms with E-state index in [1.807, 2.05) is 42.5 Å². The van der Waals surface area contributed by atoms with Gasteiger partial charge in [-0.25, -0.2) is 0 Å². The van der Waals surface area contributed by atoms with Crippen LogP contribution in [0.25, 0.3) is 10.8 Å². The van der Waals surface area contributed by atoms with Crippen molar-refractivity contribution in [3.63, 3.8) is 0 Å². The number of carbonyl (C=O) groups is 1. The number of benzene rings is 3. The molecule has 4 nitrogen and oxygen atoms in total. The molecule has 1 amide bonds. The van der Waals surface area contributed by atoms with Gasteiger partial charge >= 0.3 is 0 Å². The fourth-order valence-corrected chi connectivity index (χ4v) is 3.11. The van der Waals surface area contributed by atoms with Gasteiger partial charge in [0.25, 0.3) is 5.91 Å². The number of amides is 1. The molecule has 0 saturated carbocycles. The molecule has 3 aromatic rings. The molecule has 3 aromatic carbocycles. The van der Waals surface area contributed by atoms with Crippen LogP contribution < -0.4 is 15.4 Å². The third-order valence-electron chi connectivity index (χ3n) is 3.46. The maximum atomic E-state index is 12.0. The molecule has 0 aromatic heterocycles. The second-order valence-corrected chi connectivity index (χ2v) is 6.74. The van der Waals surface area contributed by atoms with Gasteiger partial charge in [0.05, 0.1) is 0 Å². The highest BCUT2D eigenvalue weighted by Gasteiger charge is 2.07. The summed E-state index contributed by atoms with van der Waals surface area (Å²) < 4.78 is 5.52. The van der Waals surface area contributed by atoms with Crippen molar-refractivity contribution in [2.45, 2.75) is 0 Å². The molecule has 26 heavy (non-hydrogen) atoms. The Kier molecular flexibility index (Phi) is 5.93. The molecule has 2 N–H and O–H groups in total. The molecule has 0 aliphatic rings. The number of thiocarbonyl (C=S) groups is 1. The standard InChI is InChI=1S/C19H14Cl2N2O2S/c20-14-8-15(21)10-16(9-14)22-19(26)23-18(24)11-25-17-6-5-12-3-1-2-4-13(12)7-17/h1-10H,11H2,(H2,22,23,24,26). The Morgan fingerprint density at radius 1 is 0.962 bits per heavy atom. The molecule has 0 bridgehead atoms. The first-order chi connectivity index (χ1) is 12.5. The molecule has 0 fully saturated rings. The van der Waals surface area contributed by atoms with E-state index < -0.39 is 0 Å². The van der Waals surface area contributed by atoms with Crippen LogP contribution in [0.2, 0.25) is 10.0 Å². The first kappa shape index (κ1) is 18.5. The number of fused-ring (bicyclic) bond motifs is 1. The number of hydrogen-bond acceptors (Lipinski definition) is 3. The monoisotopic (exact) mass is 404 g/mol. The van der Waals surface area contributed by atoms with E-state index in [1.165, 1.54) is 0 Å². The van der Waals surface area contributed by atoms with E-state index in [9.17, 15) is 4.79 Å². The van der Waals surface area contributed by atoms with Crippen molar-refractivity contribution in [2.24, 2.45) is 0 Å². The summed E-state index contributed by atoms with van der Waals surface area (Å²) in [6.45, 7) is -0.156. The van der Waals surface area contributed by atoms with E-state index in [-0.39, 0.29) is 17.6 Å². The summed E-state index contributed by atoms with van der Waals surface area (Å²) in [5.74, 6) is 0.239. The summed E-state index contributed by atoms with van der Waals surface area (Å²) in [5, 5.41) is 8.61. The van der Waals surface area contributed by atoms with Crippen molar-refractivity contribution in [2.75, 3.05) is 11.9 Å². The lowest BCUT2D eigenvalue weighted by Gasteiger charge is -2.11. The number of hydrogen-bond donors (Lipinski definition) is 2. The lowest BCUT2D eigenvalue weighted by molar-refractivity contribution is -0.121. The zero-order valence-electron chi connectivity index (χ0n) is 13.5. The minimum absolute atomic E-state index is 0.135. The fraction of sp³-hybridized carbons (Fsp3) is 0.0526. The molecule has 7 heteroatoms. The quantitative estimate of drug-likeness (QED) is 0.598. The maximum Gasteiger partial charge on any atom is 0.264 e. The SMILES string of the molecule is O=C(COc1ccc2ccccc2c1)NC(=S)Nc1cc(Cl)cc(Cl)c1. The molecular formula is C19H14Cl2N2O2S. The average Bonchev–Trinajstić information content (AvgIpc) is 2.58. The van der Waals surface area contributed by atoms with Crippen LogP contribution in [0.15, 0.2) is 60.7 Å². The van der Waals surface area contributed by atoms with Crippen molar-refractivity contribution in [1.82, 2.24) is 5.32 Å². The summed E-state index contributed by atoms with van der Waals surface area (Å²) in [6, 6.07) is 18.5. The topological polar surface area (TPSA) is 50.4 Å². The Bertz CT molecular complexity index is 958. The van der Waals surface area contributed by atoms with Gasteiger partial charge < -0.3 is 10.1 Å². The summed E-state index contributed by atoms with van der Waals surface area (Å²) in [4.78, 5) is 12.0. The number of halogens is 2. The Hall–Kier alpha value is -2.34. The van der Waals surface area contributed by atoms with Crippen LogP contribution in [0.1, 0.15) is 0 Å². The van der Waals surface area contributed by atoms with Gasteiger partial charge in [0, 0.05) is 15.7 Å². The van der Waals surface area contributed by atoms with Gasteiger partial charge in [-0.3, -0.25) is 10.1 Å². The van der Waals surface area contributed by atoms with Crippen molar-refractivity contribution in [1.29, 1.82) is 0 Å². The summed E-state index contributed by atoms with van der Waals surface area (Å²) in [6.07, 6.45) is 0. The van der Waals surface area contributed by atoms with Gasteiger partial charge in [0.1, 0.15) is 5.75 Å². The van der Waals surface area contributed by atoms with Gasteiger partial charge in [-0.05, 0) is 53.3 Å². The molecule has 0 spiro atoms. The largest absolute Gasteiger partial charge is 0.484 e. The normalized spacial score (nSPS) is 10.4. The zero-order chi connectivity index (χ0) is 18.5. The summed E-state index contributed by atoms with van der Waals surface area (Å²) >= 11 is 17.0. The van der Waals surface area contributed by atoms with Crippen molar-refractivity contribution in [3.8, 4) is 5.75 Å². The smallest absolute Gasteiger partial charge is 0.264 e. The minimum Gasteiger partial charge on any atom is -0.484 e. The highest BCUT2D eigenvalue weighted by Crippen LogP contribution is 2.22. The Morgan fingerprint density at radius 3 is 2.38 bits per heavy atom. The van der Waals surface area contributed by atoms with Crippen molar-refractivity contribution in [3.05, 3.63) is 70.7 Å². The second-order valence-electron chi connectivity index (χ2n) is 5.46. The van der Waals surface area contributed by atoms with E-state index in [2.05, 4.69) is 10.6 Å². The highest BCUT2D eigenvalue weighted by molar-refractivity contribution is 7.80. The van der Waals surface area contributed by atoms with E-state index in [1.54, 1.807) is 18.2 Å². The molecule has 0 saturated heterocycles. The number of nitrogens with one attached hydrogen (secondary N) is 2. The fourth-order valence-electron chi connectivity index (χ4n) is 2.36. The first-order valence-electron chi connectivity index (χ1n) is 7.68. The third kappa shape index (κ3) is 5.08. The van der Waals surface area contributed by atoms with Gasteiger partial charge in [-0.15, -0.1) is 0 Å². The van der Waals surface area contributed by atoms with E-state index >= 15 is 0 Å². The molecule has 0 aliphatic heterocycles. The molecule has 0 heterocycles. The van der Waals surface area contributed by atoms with Crippen LogP contribution in [0.4, 0.5) is 5.69 Å². The van der Waals surface area contributed by atoms with E-state index in [4.69, 9.17) is 40.2 Å².